The summed E-state index contributed by atoms with van der Waals surface area (Å²) in [6, 6.07) is -0.572. The van der Waals surface area contributed by atoms with Gasteiger partial charge in [0.1, 0.15) is 18.6 Å². The summed E-state index contributed by atoms with van der Waals surface area (Å²) in [7, 11) is 0. The number of carbonyl (C=O) groups is 3. The van der Waals surface area contributed by atoms with Gasteiger partial charge in [-0.2, -0.15) is 5.10 Å². The lowest BCUT2D eigenvalue weighted by Crippen LogP contribution is -2.51. The van der Waals surface area contributed by atoms with Crippen molar-refractivity contribution < 1.29 is 23.2 Å². The van der Waals surface area contributed by atoms with Crippen LogP contribution in [0.25, 0.3) is 0 Å². The van der Waals surface area contributed by atoms with E-state index in [1.807, 2.05) is 0 Å². The Labute approximate surface area is 174 Å². The van der Waals surface area contributed by atoms with Gasteiger partial charge < -0.3 is 10.6 Å². The first kappa shape index (κ1) is 22.2. The molecule has 30 heavy (non-hydrogen) atoms. The van der Waals surface area contributed by atoms with Crippen LogP contribution in [0.4, 0.5) is 19.3 Å². The Balaban J connectivity index is 1.59. The number of hydrogen-bond acceptors (Lipinski definition) is 4. The van der Waals surface area contributed by atoms with E-state index in [2.05, 4.69) is 36.5 Å². The Morgan fingerprint density at radius 3 is 2.63 bits per heavy atom. The molecule has 1 saturated carbocycles. The van der Waals surface area contributed by atoms with Crippen LogP contribution in [0, 0.1) is 11.3 Å². The van der Waals surface area contributed by atoms with Gasteiger partial charge in [-0.25, -0.2) is 13.6 Å². The summed E-state index contributed by atoms with van der Waals surface area (Å²) in [5.41, 5.74) is -0.522. The number of rotatable bonds is 7. The number of aromatic nitrogens is 2. The van der Waals surface area contributed by atoms with E-state index in [1.165, 1.54) is 12.4 Å². The van der Waals surface area contributed by atoms with Crippen molar-refractivity contribution in [2.24, 2.45) is 11.3 Å². The molecule has 2 fully saturated rings. The fourth-order valence-electron chi connectivity index (χ4n) is 4.35. The second-order valence-electron chi connectivity index (χ2n) is 8.91. The molecule has 2 heterocycles. The highest BCUT2D eigenvalue weighted by Crippen LogP contribution is 2.45. The average Bonchev–Trinajstić information content (AvgIpc) is 3.19. The van der Waals surface area contributed by atoms with Gasteiger partial charge in [-0.05, 0) is 37.0 Å². The second kappa shape index (κ2) is 8.31. The van der Waals surface area contributed by atoms with Crippen LogP contribution in [-0.4, -0.2) is 51.0 Å². The van der Waals surface area contributed by atoms with E-state index in [-0.39, 0.29) is 17.0 Å². The second-order valence-corrected chi connectivity index (χ2v) is 8.91. The van der Waals surface area contributed by atoms with Gasteiger partial charge >= 0.3 is 6.03 Å². The highest BCUT2D eigenvalue weighted by Gasteiger charge is 2.53. The molecule has 1 saturated heterocycles. The molecular weight excluding hydrogens is 396 g/mol. The predicted octanol–water partition coefficient (Wildman–Crippen LogP) is 3.00. The lowest BCUT2D eigenvalue weighted by Gasteiger charge is -2.42. The number of alkyl halides is 2. The number of halogens is 2. The van der Waals surface area contributed by atoms with Crippen molar-refractivity contribution in [3.05, 3.63) is 12.4 Å². The van der Waals surface area contributed by atoms with Crippen molar-refractivity contribution in [3.8, 4) is 0 Å². The monoisotopic (exact) mass is 425 g/mol. The topological polar surface area (TPSA) is 96.3 Å². The smallest absolute Gasteiger partial charge is 0.323 e. The Bertz CT molecular complexity index is 815. The summed E-state index contributed by atoms with van der Waals surface area (Å²) < 4.78 is 25.8. The first-order valence-electron chi connectivity index (χ1n) is 10.3. The van der Waals surface area contributed by atoms with Crippen LogP contribution in [0.5, 0.6) is 0 Å². The number of carbonyl (C=O) groups excluding carboxylic acids is 3. The van der Waals surface area contributed by atoms with Crippen molar-refractivity contribution in [2.45, 2.75) is 71.4 Å². The maximum atomic E-state index is 13.0. The molecule has 166 valence electrons. The minimum atomic E-state index is -2.56. The van der Waals surface area contributed by atoms with Crippen molar-refractivity contribution in [1.82, 2.24) is 20.0 Å². The quantitative estimate of drug-likeness (QED) is 0.657. The largest absolute Gasteiger partial charge is 0.325 e. The summed E-state index contributed by atoms with van der Waals surface area (Å²) in [5, 5.41) is 9.04. The zero-order chi connectivity index (χ0) is 22.1. The summed E-state index contributed by atoms with van der Waals surface area (Å²) in [4.78, 5) is 38.7. The molecule has 1 spiro atoms. The standard InChI is InChI=1S/C20H29F2N5O3/c1-4-19(2,3)13-5-7-20(8-6-13)17(29)27(18(30)25-20)12-16(28)24-14-9-23-26(10-14)11-15(21)22/h9-10,13,15H,4-8,11-12H2,1-3H3,(H,24,28)(H,25,30). The highest BCUT2D eigenvalue weighted by molar-refractivity contribution is 6.10. The zero-order valence-corrected chi connectivity index (χ0v) is 17.6. The highest BCUT2D eigenvalue weighted by atomic mass is 19.3. The fraction of sp³-hybridized carbons (Fsp3) is 0.700. The molecule has 8 nitrogen and oxygen atoms in total. The SMILES string of the molecule is CCC(C)(C)C1CCC2(CC1)NC(=O)N(CC(=O)Nc1cnn(CC(F)F)c1)C2=O. The van der Waals surface area contributed by atoms with Gasteiger partial charge in [0.2, 0.25) is 5.91 Å². The molecule has 0 unspecified atom stereocenters. The lowest BCUT2D eigenvalue weighted by molar-refractivity contribution is -0.135. The number of urea groups is 1. The van der Waals surface area contributed by atoms with Crippen LogP contribution >= 0.6 is 0 Å². The summed E-state index contributed by atoms with van der Waals surface area (Å²) in [5.74, 6) is -0.475. The number of anilines is 1. The molecule has 0 aromatic carbocycles. The van der Waals surface area contributed by atoms with Gasteiger partial charge in [0.05, 0.1) is 11.9 Å². The lowest BCUT2D eigenvalue weighted by atomic mass is 9.65. The minimum Gasteiger partial charge on any atom is -0.323 e. The normalized spacial score (nSPS) is 24.6. The van der Waals surface area contributed by atoms with Crippen molar-refractivity contribution >= 4 is 23.5 Å². The van der Waals surface area contributed by atoms with Gasteiger partial charge in [0, 0.05) is 6.20 Å². The zero-order valence-electron chi connectivity index (χ0n) is 17.6. The molecule has 0 radical (unpaired) electrons. The number of nitrogens with zero attached hydrogens (tertiary/aromatic N) is 3. The number of amides is 4. The predicted molar refractivity (Wildman–Crippen MR) is 106 cm³/mol. The third-order valence-corrected chi connectivity index (χ3v) is 6.65. The van der Waals surface area contributed by atoms with E-state index in [0.717, 1.165) is 28.8 Å². The first-order valence-corrected chi connectivity index (χ1v) is 10.3. The summed E-state index contributed by atoms with van der Waals surface area (Å²) in [6.07, 6.45) is 3.80. The van der Waals surface area contributed by atoms with Gasteiger partial charge in [0.15, 0.2) is 0 Å². The van der Waals surface area contributed by atoms with E-state index < -0.39 is 37.0 Å². The van der Waals surface area contributed by atoms with Crippen LogP contribution in [0.3, 0.4) is 0 Å². The molecule has 10 heteroatoms. The van der Waals surface area contributed by atoms with Crippen LogP contribution in [0.15, 0.2) is 12.4 Å². The Morgan fingerprint density at radius 1 is 1.37 bits per heavy atom. The van der Waals surface area contributed by atoms with Crippen LogP contribution in [-0.2, 0) is 16.1 Å². The van der Waals surface area contributed by atoms with E-state index in [0.29, 0.717) is 18.8 Å². The summed E-state index contributed by atoms with van der Waals surface area (Å²) >= 11 is 0. The average molecular weight is 425 g/mol. The maximum absolute atomic E-state index is 13.0. The molecule has 3 rings (SSSR count). The van der Waals surface area contributed by atoms with Gasteiger partial charge in [-0.1, -0.05) is 27.2 Å². The Hall–Kier alpha value is -2.52. The molecule has 1 aliphatic carbocycles. The molecule has 2 aliphatic rings. The minimum absolute atomic E-state index is 0.182. The first-order chi connectivity index (χ1) is 14.1. The fourth-order valence-corrected chi connectivity index (χ4v) is 4.35. The van der Waals surface area contributed by atoms with Crippen molar-refractivity contribution in [1.29, 1.82) is 0 Å². The molecule has 0 bridgehead atoms. The van der Waals surface area contributed by atoms with Gasteiger partial charge in [-0.3, -0.25) is 19.2 Å². The Morgan fingerprint density at radius 2 is 2.03 bits per heavy atom. The third-order valence-electron chi connectivity index (χ3n) is 6.65. The van der Waals surface area contributed by atoms with Gasteiger partial charge in [0.25, 0.3) is 12.3 Å². The van der Waals surface area contributed by atoms with Crippen molar-refractivity contribution in [2.75, 3.05) is 11.9 Å². The molecule has 4 amide bonds. The third kappa shape index (κ3) is 4.46. The van der Waals surface area contributed by atoms with E-state index in [4.69, 9.17) is 0 Å². The molecule has 1 aromatic rings. The van der Waals surface area contributed by atoms with Crippen LogP contribution in [0.1, 0.15) is 52.9 Å². The molecular formula is C20H29F2N5O3. The summed E-state index contributed by atoms with van der Waals surface area (Å²) in [6.45, 7) is 5.59. The van der Waals surface area contributed by atoms with Crippen LogP contribution in [0.2, 0.25) is 0 Å². The number of nitrogens with one attached hydrogen (secondary N) is 2. The van der Waals surface area contributed by atoms with E-state index in [1.54, 1.807) is 0 Å². The van der Waals surface area contributed by atoms with Gasteiger partial charge in [-0.15, -0.1) is 0 Å². The molecule has 1 aliphatic heterocycles. The number of imide groups is 1. The Kier molecular flexibility index (Phi) is 6.14. The molecule has 0 atom stereocenters. The van der Waals surface area contributed by atoms with Crippen molar-refractivity contribution in [3.63, 3.8) is 0 Å². The van der Waals surface area contributed by atoms with E-state index >= 15 is 0 Å². The van der Waals surface area contributed by atoms with E-state index in [9.17, 15) is 23.2 Å². The van der Waals surface area contributed by atoms with Crippen LogP contribution < -0.4 is 10.6 Å². The number of hydrogen-bond donors (Lipinski definition) is 2. The molecule has 1 aromatic heterocycles. The maximum Gasteiger partial charge on any atom is 0.325 e. The molecule has 2 N–H and O–H groups in total.